The van der Waals surface area contributed by atoms with Crippen LogP contribution >= 0.6 is 11.8 Å². The molecule has 6 heteroatoms. The Kier molecular flexibility index (Phi) is 7.53. The van der Waals surface area contributed by atoms with Crippen molar-refractivity contribution < 1.29 is 4.79 Å². The molecule has 2 amide bonds. The monoisotopic (exact) mass is 406 g/mol. The summed E-state index contributed by atoms with van der Waals surface area (Å²) >= 11 is 1.67. The molecule has 0 spiro atoms. The fraction of sp³-hybridized carbons (Fsp3) is 0.217. The topological polar surface area (TPSA) is 57.3 Å². The second kappa shape index (κ2) is 10.5. The van der Waals surface area contributed by atoms with E-state index in [9.17, 15) is 4.79 Å². The SMILES string of the molecule is CC(CNC(=O)Nc1cccc(CSc2ccccn2)c1)N(C)c1ccccc1. The Morgan fingerprint density at radius 2 is 1.86 bits per heavy atom. The number of nitrogens with one attached hydrogen (secondary N) is 2. The molecular formula is C23H26N4OS. The maximum Gasteiger partial charge on any atom is 0.319 e. The summed E-state index contributed by atoms with van der Waals surface area (Å²) in [5.41, 5.74) is 3.04. The van der Waals surface area contributed by atoms with Gasteiger partial charge >= 0.3 is 6.03 Å². The Bertz CT molecular complexity index is 905. The quantitative estimate of drug-likeness (QED) is 0.516. The average Bonchev–Trinajstić information content (AvgIpc) is 2.77. The number of likely N-dealkylation sites (N-methyl/N-ethyl adjacent to an activating group) is 1. The smallest absolute Gasteiger partial charge is 0.319 e. The zero-order valence-electron chi connectivity index (χ0n) is 16.7. The molecule has 0 saturated carbocycles. The maximum atomic E-state index is 12.3. The summed E-state index contributed by atoms with van der Waals surface area (Å²) < 4.78 is 0. The zero-order valence-corrected chi connectivity index (χ0v) is 17.5. The van der Waals surface area contributed by atoms with Gasteiger partial charge in [0.25, 0.3) is 0 Å². The lowest BCUT2D eigenvalue weighted by molar-refractivity contribution is 0.251. The summed E-state index contributed by atoms with van der Waals surface area (Å²) in [6.45, 7) is 2.63. The minimum Gasteiger partial charge on any atom is -0.370 e. The summed E-state index contributed by atoms with van der Waals surface area (Å²) in [7, 11) is 2.03. The van der Waals surface area contributed by atoms with Gasteiger partial charge in [0.15, 0.2) is 0 Å². The molecule has 5 nitrogen and oxygen atoms in total. The number of pyridine rings is 1. The number of hydrogen-bond donors (Lipinski definition) is 2. The molecule has 0 aliphatic rings. The molecule has 1 atom stereocenters. The normalized spacial score (nSPS) is 11.5. The van der Waals surface area contributed by atoms with Gasteiger partial charge in [0.05, 0.1) is 5.03 Å². The van der Waals surface area contributed by atoms with Crippen LogP contribution in [0.2, 0.25) is 0 Å². The standard InChI is InChI=1S/C23H26N4OS/c1-18(27(2)21-11-4-3-5-12-21)16-25-23(28)26-20-10-8-9-19(15-20)17-29-22-13-6-7-14-24-22/h3-15,18H,16-17H2,1-2H3,(H2,25,26,28). The number of carbonyl (C=O) groups is 1. The molecule has 1 aromatic heterocycles. The van der Waals surface area contributed by atoms with Gasteiger partial charge < -0.3 is 15.5 Å². The van der Waals surface area contributed by atoms with Crippen molar-refractivity contribution in [2.24, 2.45) is 0 Å². The first-order valence-electron chi connectivity index (χ1n) is 9.57. The van der Waals surface area contributed by atoms with Crippen LogP contribution in [0.15, 0.2) is 84.0 Å². The fourth-order valence-electron chi connectivity index (χ4n) is 2.80. The van der Waals surface area contributed by atoms with E-state index in [0.29, 0.717) is 6.54 Å². The molecule has 150 valence electrons. The molecular weight excluding hydrogens is 380 g/mol. The molecule has 3 rings (SSSR count). The lowest BCUT2D eigenvalue weighted by atomic mass is 10.2. The van der Waals surface area contributed by atoms with Crippen molar-refractivity contribution in [3.8, 4) is 0 Å². The van der Waals surface area contributed by atoms with E-state index in [2.05, 4.69) is 45.6 Å². The fourth-order valence-corrected chi connectivity index (χ4v) is 3.60. The Morgan fingerprint density at radius 1 is 1.07 bits per heavy atom. The molecule has 0 radical (unpaired) electrons. The van der Waals surface area contributed by atoms with Gasteiger partial charge in [0, 0.05) is 43.0 Å². The summed E-state index contributed by atoms with van der Waals surface area (Å²) in [5.74, 6) is 0.799. The summed E-state index contributed by atoms with van der Waals surface area (Å²) in [4.78, 5) is 18.8. The summed E-state index contributed by atoms with van der Waals surface area (Å²) in [6, 6.07) is 23.9. The second-order valence-electron chi connectivity index (χ2n) is 6.79. The van der Waals surface area contributed by atoms with E-state index in [1.165, 1.54) is 0 Å². The van der Waals surface area contributed by atoms with Crippen LogP contribution in [0.1, 0.15) is 12.5 Å². The van der Waals surface area contributed by atoms with E-state index in [0.717, 1.165) is 27.7 Å². The Hall–Kier alpha value is -2.99. The molecule has 0 aliphatic carbocycles. The number of nitrogens with zero attached hydrogens (tertiary/aromatic N) is 2. The number of anilines is 2. The van der Waals surface area contributed by atoms with Crippen LogP contribution in [-0.4, -0.2) is 30.6 Å². The number of para-hydroxylation sites is 1. The van der Waals surface area contributed by atoms with Crippen molar-refractivity contribution >= 4 is 29.2 Å². The number of aromatic nitrogens is 1. The van der Waals surface area contributed by atoms with Crippen molar-refractivity contribution in [3.05, 3.63) is 84.6 Å². The first-order valence-corrected chi connectivity index (χ1v) is 10.6. The predicted molar refractivity (Wildman–Crippen MR) is 122 cm³/mol. The van der Waals surface area contributed by atoms with E-state index in [4.69, 9.17) is 0 Å². The van der Waals surface area contributed by atoms with Gasteiger partial charge in [0.1, 0.15) is 0 Å². The molecule has 2 aromatic carbocycles. The molecule has 0 bridgehead atoms. The highest BCUT2D eigenvalue weighted by atomic mass is 32.2. The van der Waals surface area contributed by atoms with Gasteiger partial charge in [-0.05, 0) is 48.9 Å². The highest BCUT2D eigenvalue weighted by molar-refractivity contribution is 7.98. The minimum atomic E-state index is -0.201. The first-order chi connectivity index (χ1) is 14.1. The van der Waals surface area contributed by atoms with Crippen molar-refractivity contribution in [1.82, 2.24) is 10.3 Å². The Labute approximate surface area is 176 Å². The van der Waals surface area contributed by atoms with E-state index in [1.54, 1.807) is 18.0 Å². The maximum absolute atomic E-state index is 12.3. The molecule has 2 N–H and O–H groups in total. The summed E-state index contributed by atoms with van der Waals surface area (Å²) in [5, 5.41) is 6.86. The van der Waals surface area contributed by atoms with Gasteiger partial charge in [-0.1, -0.05) is 36.4 Å². The minimum absolute atomic E-state index is 0.171. The number of amides is 2. The van der Waals surface area contributed by atoms with Crippen molar-refractivity contribution in [1.29, 1.82) is 0 Å². The van der Waals surface area contributed by atoms with Crippen molar-refractivity contribution in [2.75, 3.05) is 23.8 Å². The van der Waals surface area contributed by atoms with Crippen LogP contribution in [-0.2, 0) is 5.75 Å². The number of urea groups is 1. The molecule has 0 fully saturated rings. The largest absolute Gasteiger partial charge is 0.370 e. The van der Waals surface area contributed by atoms with Crippen LogP contribution in [0.4, 0.5) is 16.2 Å². The Balaban J connectivity index is 1.47. The van der Waals surface area contributed by atoms with Gasteiger partial charge in [-0.2, -0.15) is 0 Å². The predicted octanol–water partition coefficient (Wildman–Crippen LogP) is 5.02. The third kappa shape index (κ3) is 6.54. The molecule has 0 saturated heterocycles. The number of rotatable bonds is 8. The molecule has 1 unspecified atom stereocenters. The average molecular weight is 407 g/mol. The van der Waals surface area contributed by atoms with Crippen LogP contribution < -0.4 is 15.5 Å². The lowest BCUT2D eigenvalue weighted by Gasteiger charge is -2.27. The highest BCUT2D eigenvalue weighted by Crippen LogP contribution is 2.22. The van der Waals surface area contributed by atoms with E-state index < -0.39 is 0 Å². The molecule has 1 heterocycles. The third-order valence-electron chi connectivity index (χ3n) is 4.59. The van der Waals surface area contributed by atoms with E-state index in [-0.39, 0.29) is 12.1 Å². The van der Waals surface area contributed by atoms with Gasteiger partial charge in [-0.3, -0.25) is 0 Å². The number of carbonyl (C=O) groups excluding carboxylic acids is 1. The highest BCUT2D eigenvalue weighted by Gasteiger charge is 2.11. The van der Waals surface area contributed by atoms with Crippen molar-refractivity contribution in [2.45, 2.75) is 23.7 Å². The second-order valence-corrected chi connectivity index (χ2v) is 7.78. The van der Waals surface area contributed by atoms with Crippen LogP contribution in [0.3, 0.4) is 0 Å². The lowest BCUT2D eigenvalue weighted by Crippen LogP contribution is -2.41. The molecule has 29 heavy (non-hydrogen) atoms. The third-order valence-corrected chi connectivity index (χ3v) is 5.61. The van der Waals surface area contributed by atoms with Gasteiger partial charge in [0.2, 0.25) is 0 Å². The first kappa shape index (κ1) is 20.7. The summed E-state index contributed by atoms with van der Waals surface area (Å²) in [6.07, 6.45) is 1.79. The van der Waals surface area contributed by atoms with Crippen LogP contribution in [0.5, 0.6) is 0 Å². The van der Waals surface area contributed by atoms with Gasteiger partial charge in [-0.15, -0.1) is 11.8 Å². The van der Waals surface area contributed by atoms with E-state index >= 15 is 0 Å². The molecule has 0 aliphatic heterocycles. The molecule has 3 aromatic rings. The van der Waals surface area contributed by atoms with Crippen molar-refractivity contribution in [3.63, 3.8) is 0 Å². The number of benzene rings is 2. The number of thioether (sulfide) groups is 1. The van der Waals surface area contributed by atoms with E-state index in [1.807, 2.05) is 61.6 Å². The zero-order chi connectivity index (χ0) is 20.5. The van der Waals surface area contributed by atoms with Gasteiger partial charge in [-0.25, -0.2) is 9.78 Å². The Morgan fingerprint density at radius 3 is 2.62 bits per heavy atom. The van der Waals surface area contributed by atoms with Crippen LogP contribution in [0.25, 0.3) is 0 Å². The number of hydrogen-bond acceptors (Lipinski definition) is 4. The van der Waals surface area contributed by atoms with Crippen LogP contribution in [0, 0.1) is 0 Å².